The normalized spacial score (nSPS) is 25.5. The first kappa shape index (κ1) is 15.8. The van der Waals surface area contributed by atoms with Gasteiger partial charge in [0.25, 0.3) is 0 Å². The summed E-state index contributed by atoms with van der Waals surface area (Å²) in [6.07, 6.45) is 3.42. The zero-order chi connectivity index (χ0) is 14.6. The van der Waals surface area contributed by atoms with Gasteiger partial charge in [0.05, 0.1) is 0 Å². The third-order valence-electron chi connectivity index (χ3n) is 3.51. The summed E-state index contributed by atoms with van der Waals surface area (Å²) >= 11 is 0. The van der Waals surface area contributed by atoms with Crippen LogP contribution in [-0.4, -0.2) is 23.6 Å². The number of hydrogen-bond donors (Lipinski definition) is 2. The highest BCUT2D eigenvalue weighted by Crippen LogP contribution is 2.30. The van der Waals surface area contributed by atoms with Crippen molar-refractivity contribution in [1.82, 2.24) is 5.32 Å². The van der Waals surface area contributed by atoms with Crippen LogP contribution in [-0.2, 0) is 9.53 Å². The summed E-state index contributed by atoms with van der Waals surface area (Å²) in [6.45, 7) is 7.56. The number of carbonyl (C=O) groups is 2. The van der Waals surface area contributed by atoms with Crippen molar-refractivity contribution in [2.75, 3.05) is 0 Å². The van der Waals surface area contributed by atoms with Gasteiger partial charge in [-0.05, 0) is 45.4 Å². The van der Waals surface area contributed by atoms with E-state index in [0.717, 1.165) is 25.7 Å². The first-order valence-electron chi connectivity index (χ1n) is 6.98. The first-order valence-corrected chi connectivity index (χ1v) is 6.98. The Bertz CT molecular complexity index is 328. The Balaban J connectivity index is 2.58. The molecule has 0 radical (unpaired) electrons. The number of primary amides is 1. The Morgan fingerprint density at radius 2 is 1.74 bits per heavy atom. The molecule has 1 saturated carbocycles. The highest BCUT2D eigenvalue weighted by molar-refractivity contribution is 5.84. The van der Waals surface area contributed by atoms with Crippen molar-refractivity contribution in [3.63, 3.8) is 0 Å². The zero-order valence-electron chi connectivity index (χ0n) is 12.4. The molecule has 2 amide bonds. The van der Waals surface area contributed by atoms with Gasteiger partial charge in [0, 0.05) is 0 Å². The summed E-state index contributed by atoms with van der Waals surface area (Å²) in [4.78, 5) is 23.3. The lowest BCUT2D eigenvalue weighted by Crippen LogP contribution is -2.51. The van der Waals surface area contributed by atoms with E-state index in [2.05, 4.69) is 12.2 Å². The molecule has 1 aliphatic carbocycles. The van der Waals surface area contributed by atoms with Crippen LogP contribution in [0.4, 0.5) is 4.79 Å². The summed E-state index contributed by atoms with van der Waals surface area (Å²) in [5.74, 6) is 0.331. The molecule has 0 aromatic carbocycles. The van der Waals surface area contributed by atoms with Gasteiger partial charge in [-0.25, -0.2) is 4.79 Å². The maximum absolute atomic E-state index is 11.7. The zero-order valence-corrected chi connectivity index (χ0v) is 12.4. The Morgan fingerprint density at radius 3 is 2.16 bits per heavy atom. The van der Waals surface area contributed by atoms with Gasteiger partial charge in [-0.1, -0.05) is 19.8 Å². The Labute approximate surface area is 115 Å². The van der Waals surface area contributed by atoms with Gasteiger partial charge in [0.1, 0.15) is 11.6 Å². The van der Waals surface area contributed by atoms with Crippen LogP contribution in [0.5, 0.6) is 0 Å². The molecular weight excluding hydrogens is 244 g/mol. The fourth-order valence-corrected chi connectivity index (χ4v) is 2.48. The Morgan fingerprint density at radius 1 is 1.21 bits per heavy atom. The lowest BCUT2D eigenvalue weighted by Gasteiger charge is -2.32. The number of ether oxygens (including phenoxy) is 1. The summed E-state index contributed by atoms with van der Waals surface area (Å²) in [5, 5.41) is 2.62. The summed E-state index contributed by atoms with van der Waals surface area (Å²) in [5.41, 5.74) is 4.83. The standard InChI is InChI=1S/C14H26N2O3/c1-9-5-7-10(8-6-9)11(12(15)17)16-13(18)19-14(2,3)4/h9-11H,5-8H2,1-4H3,(H2,15,17)(H,16,18). The van der Waals surface area contributed by atoms with Crippen LogP contribution in [0.15, 0.2) is 0 Å². The van der Waals surface area contributed by atoms with Crippen LogP contribution in [0.1, 0.15) is 53.4 Å². The molecule has 0 aromatic rings. The molecule has 1 rings (SSSR count). The van der Waals surface area contributed by atoms with Crippen molar-refractivity contribution < 1.29 is 14.3 Å². The molecule has 0 bridgehead atoms. The van der Waals surface area contributed by atoms with Crippen LogP contribution in [0.25, 0.3) is 0 Å². The molecule has 0 spiro atoms. The van der Waals surface area contributed by atoms with Gasteiger partial charge in [0.15, 0.2) is 0 Å². The maximum Gasteiger partial charge on any atom is 0.408 e. The number of rotatable bonds is 3. The van der Waals surface area contributed by atoms with E-state index in [9.17, 15) is 9.59 Å². The van der Waals surface area contributed by atoms with Gasteiger partial charge in [0.2, 0.25) is 5.91 Å². The van der Waals surface area contributed by atoms with E-state index in [4.69, 9.17) is 10.5 Å². The van der Waals surface area contributed by atoms with Crippen molar-refractivity contribution in [2.45, 2.75) is 65.0 Å². The minimum Gasteiger partial charge on any atom is -0.444 e. The fourth-order valence-electron chi connectivity index (χ4n) is 2.48. The van der Waals surface area contributed by atoms with Gasteiger partial charge in [-0.3, -0.25) is 4.79 Å². The lowest BCUT2D eigenvalue weighted by molar-refractivity contribution is -0.121. The molecule has 110 valence electrons. The van der Waals surface area contributed by atoms with Crippen LogP contribution in [0.3, 0.4) is 0 Å². The van der Waals surface area contributed by atoms with E-state index in [-0.39, 0.29) is 5.92 Å². The second kappa shape index (κ2) is 6.26. The molecule has 0 heterocycles. The molecule has 1 aliphatic rings. The van der Waals surface area contributed by atoms with Gasteiger partial charge in [-0.2, -0.15) is 0 Å². The van der Waals surface area contributed by atoms with E-state index in [0.29, 0.717) is 5.92 Å². The van der Waals surface area contributed by atoms with Crippen molar-refractivity contribution in [2.24, 2.45) is 17.6 Å². The second-order valence-corrected chi connectivity index (χ2v) is 6.55. The summed E-state index contributed by atoms with van der Waals surface area (Å²) < 4.78 is 5.17. The van der Waals surface area contributed by atoms with Crippen molar-refractivity contribution >= 4 is 12.0 Å². The lowest BCUT2D eigenvalue weighted by atomic mass is 9.79. The molecule has 0 aromatic heterocycles. The monoisotopic (exact) mass is 270 g/mol. The van der Waals surface area contributed by atoms with E-state index in [1.54, 1.807) is 20.8 Å². The molecule has 0 aliphatic heterocycles. The predicted molar refractivity (Wildman–Crippen MR) is 73.5 cm³/mol. The van der Waals surface area contributed by atoms with E-state index in [1.165, 1.54) is 0 Å². The van der Waals surface area contributed by atoms with Crippen LogP contribution in [0.2, 0.25) is 0 Å². The number of carbonyl (C=O) groups excluding carboxylic acids is 2. The summed E-state index contributed by atoms with van der Waals surface area (Å²) in [7, 11) is 0. The van der Waals surface area contributed by atoms with Gasteiger partial charge < -0.3 is 15.8 Å². The Hall–Kier alpha value is -1.26. The van der Waals surface area contributed by atoms with Crippen LogP contribution < -0.4 is 11.1 Å². The molecular formula is C14H26N2O3. The highest BCUT2D eigenvalue weighted by atomic mass is 16.6. The average molecular weight is 270 g/mol. The largest absolute Gasteiger partial charge is 0.444 e. The molecule has 1 atom stereocenters. The van der Waals surface area contributed by atoms with E-state index < -0.39 is 23.6 Å². The van der Waals surface area contributed by atoms with Crippen molar-refractivity contribution in [3.05, 3.63) is 0 Å². The highest BCUT2D eigenvalue weighted by Gasteiger charge is 2.32. The maximum atomic E-state index is 11.7. The quantitative estimate of drug-likeness (QED) is 0.824. The smallest absolute Gasteiger partial charge is 0.408 e. The van der Waals surface area contributed by atoms with E-state index in [1.807, 2.05) is 0 Å². The molecule has 3 N–H and O–H groups in total. The molecule has 5 nitrogen and oxygen atoms in total. The number of alkyl carbamates (subject to hydrolysis) is 1. The van der Waals surface area contributed by atoms with Gasteiger partial charge >= 0.3 is 6.09 Å². The minimum atomic E-state index is -0.623. The van der Waals surface area contributed by atoms with Crippen molar-refractivity contribution in [3.8, 4) is 0 Å². The van der Waals surface area contributed by atoms with E-state index >= 15 is 0 Å². The number of amides is 2. The average Bonchev–Trinajstić information content (AvgIpc) is 2.24. The molecule has 5 heteroatoms. The molecule has 1 unspecified atom stereocenters. The molecule has 1 fully saturated rings. The van der Waals surface area contributed by atoms with Crippen molar-refractivity contribution in [1.29, 1.82) is 0 Å². The Kier molecular flexibility index (Phi) is 5.20. The minimum absolute atomic E-state index is 0.126. The second-order valence-electron chi connectivity index (χ2n) is 6.55. The number of nitrogens with one attached hydrogen (secondary N) is 1. The predicted octanol–water partition coefficient (Wildman–Crippen LogP) is 2.19. The van der Waals surface area contributed by atoms with Gasteiger partial charge in [-0.15, -0.1) is 0 Å². The van der Waals surface area contributed by atoms with Crippen LogP contribution >= 0.6 is 0 Å². The third kappa shape index (κ3) is 5.49. The van der Waals surface area contributed by atoms with Crippen LogP contribution in [0, 0.1) is 11.8 Å². The SMILES string of the molecule is CC1CCC(C(NC(=O)OC(C)(C)C)C(N)=O)CC1. The topological polar surface area (TPSA) is 81.4 Å². The molecule has 0 saturated heterocycles. The number of nitrogens with two attached hydrogens (primary N) is 1. The fraction of sp³-hybridized carbons (Fsp3) is 0.857. The summed E-state index contributed by atoms with van der Waals surface area (Å²) in [6, 6.07) is -0.623. The molecule has 19 heavy (non-hydrogen) atoms. The third-order valence-corrected chi connectivity index (χ3v) is 3.51. The first-order chi connectivity index (χ1) is 8.69. The number of hydrogen-bond acceptors (Lipinski definition) is 3.